The van der Waals surface area contributed by atoms with E-state index in [-0.39, 0.29) is 30.8 Å². The van der Waals surface area contributed by atoms with Gasteiger partial charge in [-0.2, -0.15) is 0 Å². The molecule has 0 aromatic heterocycles. The molecule has 5 nitrogen and oxygen atoms in total. The van der Waals surface area contributed by atoms with Crippen molar-refractivity contribution in [1.82, 2.24) is 5.32 Å². The SMILES string of the molecule is CC(C)(C)C(CC(=O)O)NC(=O)CCOc1ccccc1. The van der Waals surface area contributed by atoms with Gasteiger partial charge in [-0.1, -0.05) is 39.0 Å². The van der Waals surface area contributed by atoms with Gasteiger partial charge in [0.15, 0.2) is 0 Å². The average Bonchev–Trinajstić information content (AvgIpc) is 2.37. The van der Waals surface area contributed by atoms with Crippen LogP contribution in [0.3, 0.4) is 0 Å². The van der Waals surface area contributed by atoms with E-state index in [4.69, 9.17) is 9.84 Å². The standard InChI is InChI=1S/C16H23NO4/c1-16(2,3)13(11-15(19)20)17-14(18)9-10-21-12-7-5-4-6-8-12/h4-8,13H,9-11H2,1-3H3,(H,17,18)(H,19,20). The maximum Gasteiger partial charge on any atom is 0.305 e. The molecule has 1 aromatic rings. The number of rotatable bonds is 7. The molecule has 0 spiro atoms. The number of para-hydroxylation sites is 1. The highest BCUT2D eigenvalue weighted by molar-refractivity contribution is 5.77. The minimum atomic E-state index is -0.921. The maximum absolute atomic E-state index is 11.9. The normalized spacial score (nSPS) is 12.5. The summed E-state index contributed by atoms with van der Waals surface area (Å²) in [6.45, 7) is 5.98. The Morgan fingerprint density at radius 1 is 1.24 bits per heavy atom. The smallest absolute Gasteiger partial charge is 0.305 e. The Morgan fingerprint density at radius 3 is 2.38 bits per heavy atom. The van der Waals surface area contributed by atoms with E-state index in [1.54, 1.807) is 0 Å². The summed E-state index contributed by atoms with van der Waals surface area (Å²) in [4.78, 5) is 22.7. The van der Waals surface area contributed by atoms with E-state index in [9.17, 15) is 9.59 Å². The van der Waals surface area contributed by atoms with Crippen LogP contribution in [0.25, 0.3) is 0 Å². The van der Waals surface area contributed by atoms with Crippen LogP contribution in [0.2, 0.25) is 0 Å². The fourth-order valence-corrected chi connectivity index (χ4v) is 1.79. The summed E-state index contributed by atoms with van der Waals surface area (Å²) in [5.41, 5.74) is -0.311. The first-order chi connectivity index (χ1) is 9.79. The van der Waals surface area contributed by atoms with Crippen LogP contribution in [0.5, 0.6) is 5.75 Å². The van der Waals surface area contributed by atoms with Gasteiger partial charge in [0.05, 0.1) is 19.4 Å². The molecule has 1 unspecified atom stereocenters. The molecule has 0 fully saturated rings. The van der Waals surface area contributed by atoms with Crippen LogP contribution in [0.1, 0.15) is 33.6 Å². The highest BCUT2D eigenvalue weighted by Gasteiger charge is 2.28. The number of carbonyl (C=O) groups is 2. The second kappa shape index (κ2) is 7.67. The number of carbonyl (C=O) groups excluding carboxylic acids is 1. The molecule has 5 heteroatoms. The molecule has 21 heavy (non-hydrogen) atoms. The van der Waals surface area contributed by atoms with Crippen molar-refractivity contribution in [1.29, 1.82) is 0 Å². The molecule has 1 atom stereocenters. The fraction of sp³-hybridized carbons (Fsp3) is 0.500. The molecule has 2 N–H and O–H groups in total. The van der Waals surface area contributed by atoms with Gasteiger partial charge in [0.1, 0.15) is 5.75 Å². The number of ether oxygens (including phenoxy) is 1. The zero-order valence-corrected chi connectivity index (χ0v) is 12.8. The van der Waals surface area contributed by atoms with Gasteiger partial charge < -0.3 is 15.2 Å². The summed E-state index contributed by atoms with van der Waals surface area (Å²) in [5, 5.41) is 11.7. The van der Waals surface area contributed by atoms with Gasteiger partial charge in [0, 0.05) is 6.04 Å². The Kier molecular flexibility index (Phi) is 6.21. The van der Waals surface area contributed by atoms with E-state index in [0.717, 1.165) is 0 Å². The van der Waals surface area contributed by atoms with Crippen LogP contribution in [-0.4, -0.2) is 29.6 Å². The molecule has 0 bridgehead atoms. The zero-order chi connectivity index (χ0) is 15.9. The predicted molar refractivity (Wildman–Crippen MR) is 80.2 cm³/mol. The van der Waals surface area contributed by atoms with Crippen molar-refractivity contribution in [2.75, 3.05) is 6.61 Å². The second-order valence-corrected chi connectivity index (χ2v) is 6.00. The molecule has 0 radical (unpaired) electrons. The van der Waals surface area contributed by atoms with Crippen LogP contribution in [0.15, 0.2) is 30.3 Å². The monoisotopic (exact) mass is 293 g/mol. The first-order valence-corrected chi connectivity index (χ1v) is 6.98. The molecule has 1 aromatic carbocycles. The zero-order valence-electron chi connectivity index (χ0n) is 12.8. The fourth-order valence-electron chi connectivity index (χ4n) is 1.79. The van der Waals surface area contributed by atoms with Crippen LogP contribution < -0.4 is 10.1 Å². The topological polar surface area (TPSA) is 75.6 Å². The quantitative estimate of drug-likeness (QED) is 0.809. The summed E-state index contributed by atoms with van der Waals surface area (Å²) >= 11 is 0. The number of hydrogen-bond acceptors (Lipinski definition) is 3. The van der Waals surface area contributed by atoms with Gasteiger partial charge in [-0.25, -0.2) is 0 Å². The summed E-state index contributed by atoms with van der Waals surface area (Å²) in [6, 6.07) is 8.84. The van der Waals surface area contributed by atoms with Gasteiger partial charge in [0.2, 0.25) is 5.91 Å². The third-order valence-corrected chi connectivity index (χ3v) is 3.10. The molecule has 1 amide bonds. The van der Waals surface area contributed by atoms with Gasteiger partial charge in [-0.05, 0) is 17.5 Å². The summed E-state index contributed by atoms with van der Waals surface area (Å²) in [5.74, 6) is -0.411. The first-order valence-electron chi connectivity index (χ1n) is 6.98. The van der Waals surface area contributed by atoms with Crippen molar-refractivity contribution in [2.45, 2.75) is 39.7 Å². The Balaban J connectivity index is 2.42. The van der Waals surface area contributed by atoms with E-state index < -0.39 is 12.0 Å². The van der Waals surface area contributed by atoms with E-state index in [1.807, 2.05) is 51.1 Å². The van der Waals surface area contributed by atoms with Crippen molar-refractivity contribution in [3.05, 3.63) is 30.3 Å². The highest BCUT2D eigenvalue weighted by Crippen LogP contribution is 2.22. The Morgan fingerprint density at radius 2 is 1.86 bits per heavy atom. The van der Waals surface area contributed by atoms with Crippen molar-refractivity contribution in [3.63, 3.8) is 0 Å². The van der Waals surface area contributed by atoms with Gasteiger partial charge in [0.25, 0.3) is 0 Å². The third kappa shape index (κ3) is 6.79. The number of nitrogens with one attached hydrogen (secondary N) is 1. The number of hydrogen-bond donors (Lipinski definition) is 2. The number of carboxylic acid groups (broad SMARTS) is 1. The number of aliphatic carboxylic acids is 1. The van der Waals surface area contributed by atoms with Gasteiger partial charge in [-0.15, -0.1) is 0 Å². The van der Waals surface area contributed by atoms with Crippen molar-refractivity contribution in [3.8, 4) is 5.75 Å². The number of amides is 1. The van der Waals surface area contributed by atoms with Gasteiger partial charge in [-0.3, -0.25) is 9.59 Å². The second-order valence-electron chi connectivity index (χ2n) is 6.00. The predicted octanol–water partition coefficient (Wildman–Crippen LogP) is 2.46. The summed E-state index contributed by atoms with van der Waals surface area (Å²) < 4.78 is 5.45. The lowest BCUT2D eigenvalue weighted by Crippen LogP contribution is -2.45. The largest absolute Gasteiger partial charge is 0.493 e. The Bertz CT molecular complexity index is 465. The molecule has 0 aliphatic heterocycles. The number of benzene rings is 1. The van der Waals surface area contributed by atoms with E-state index in [2.05, 4.69) is 5.32 Å². The minimum absolute atomic E-state index is 0.0885. The Hall–Kier alpha value is -2.04. The molecule has 0 saturated carbocycles. The molecule has 0 saturated heterocycles. The lowest BCUT2D eigenvalue weighted by molar-refractivity contribution is -0.138. The minimum Gasteiger partial charge on any atom is -0.493 e. The van der Waals surface area contributed by atoms with Crippen molar-refractivity contribution in [2.24, 2.45) is 5.41 Å². The van der Waals surface area contributed by atoms with Crippen LogP contribution in [0.4, 0.5) is 0 Å². The maximum atomic E-state index is 11.9. The third-order valence-electron chi connectivity index (χ3n) is 3.10. The average molecular weight is 293 g/mol. The Labute approximate surface area is 125 Å². The number of carboxylic acids is 1. The lowest BCUT2D eigenvalue weighted by Gasteiger charge is -2.30. The summed E-state index contributed by atoms with van der Waals surface area (Å²) in [6.07, 6.45) is 0.107. The molecule has 0 heterocycles. The molecule has 0 aliphatic carbocycles. The van der Waals surface area contributed by atoms with Crippen LogP contribution in [0, 0.1) is 5.41 Å². The highest BCUT2D eigenvalue weighted by atomic mass is 16.5. The van der Waals surface area contributed by atoms with Crippen LogP contribution in [-0.2, 0) is 9.59 Å². The molecule has 116 valence electrons. The molecule has 1 rings (SSSR count). The van der Waals surface area contributed by atoms with E-state index in [1.165, 1.54) is 0 Å². The summed E-state index contributed by atoms with van der Waals surface area (Å²) in [7, 11) is 0. The van der Waals surface area contributed by atoms with E-state index >= 15 is 0 Å². The van der Waals surface area contributed by atoms with E-state index in [0.29, 0.717) is 5.75 Å². The first kappa shape index (κ1) is 17.0. The van der Waals surface area contributed by atoms with Crippen LogP contribution >= 0.6 is 0 Å². The van der Waals surface area contributed by atoms with Gasteiger partial charge >= 0.3 is 5.97 Å². The molecular weight excluding hydrogens is 270 g/mol. The molecular formula is C16H23NO4. The molecule has 0 aliphatic rings. The lowest BCUT2D eigenvalue weighted by atomic mass is 9.84. The van der Waals surface area contributed by atoms with Crippen molar-refractivity contribution >= 4 is 11.9 Å². The van der Waals surface area contributed by atoms with Crippen molar-refractivity contribution < 1.29 is 19.4 Å².